The topological polar surface area (TPSA) is 90.0 Å². The standard InChI is InChI=1S/C31H46N4O4S/c1-29(2)23-10-12-31(29,26(19-23)35-27(36)20-25(28(35)37)32-15-18-33(3)4)21-40(38,39)34-16-13-30(14-17-34)11-9-22-7-5-6-8-24(22)30/h5-8,23,25-26,32H,9-21H2,1-4H3/t23?,25?,26-,31+/m0/s1. The number of sulfonamides is 1. The highest BCUT2D eigenvalue weighted by atomic mass is 32.2. The van der Waals surface area contributed by atoms with Crippen molar-refractivity contribution in [1.82, 2.24) is 19.4 Å². The van der Waals surface area contributed by atoms with Crippen LogP contribution in [0.15, 0.2) is 24.3 Å². The molecule has 1 N–H and O–H groups in total. The van der Waals surface area contributed by atoms with Crippen molar-refractivity contribution in [2.75, 3.05) is 46.0 Å². The van der Waals surface area contributed by atoms with Gasteiger partial charge in [-0.25, -0.2) is 12.7 Å². The van der Waals surface area contributed by atoms with E-state index in [9.17, 15) is 18.0 Å². The number of nitrogens with one attached hydrogen (secondary N) is 1. The first-order valence-electron chi connectivity index (χ1n) is 15.2. The number of aryl methyl sites for hydroxylation is 1. The van der Waals surface area contributed by atoms with E-state index in [-0.39, 0.29) is 40.9 Å². The van der Waals surface area contributed by atoms with Crippen molar-refractivity contribution >= 4 is 21.8 Å². The highest BCUT2D eigenvalue weighted by molar-refractivity contribution is 7.89. The molecule has 0 aromatic heterocycles. The molecule has 1 aromatic rings. The minimum absolute atomic E-state index is 0.0214. The summed E-state index contributed by atoms with van der Waals surface area (Å²) in [6.07, 6.45) is 6.46. The summed E-state index contributed by atoms with van der Waals surface area (Å²) in [5.74, 6) is 0.00715. The van der Waals surface area contributed by atoms with Gasteiger partial charge in [0.2, 0.25) is 21.8 Å². The molecule has 2 unspecified atom stereocenters. The quantitative estimate of drug-likeness (QED) is 0.484. The molecule has 2 saturated heterocycles. The van der Waals surface area contributed by atoms with Crippen LogP contribution < -0.4 is 5.32 Å². The first kappa shape index (κ1) is 28.3. The number of imide groups is 1. The Labute approximate surface area is 239 Å². The average molecular weight is 571 g/mol. The second-order valence-corrected chi connectivity index (χ2v) is 16.0. The second kappa shape index (κ2) is 9.89. The molecule has 2 amide bonds. The summed E-state index contributed by atoms with van der Waals surface area (Å²) >= 11 is 0. The van der Waals surface area contributed by atoms with Gasteiger partial charge in [-0.3, -0.25) is 14.5 Å². The van der Waals surface area contributed by atoms with E-state index in [4.69, 9.17) is 0 Å². The van der Waals surface area contributed by atoms with E-state index >= 15 is 0 Å². The lowest BCUT2D eigenvalue weighted by Gasteiger charge is -2.46. The molecule has 3 aliphatic carbocycles. The summed E-state index contributed by atoms with van der Waals surface area (Å²) in [4.78, 5) is 30.4. The Balaban J connectivity index is 1.21. The summed E-state index contributed by atoms with van der Waals surface area (Å²) in [6, 6.07) is 7.79. The van der Waals surface area contributed by atoms with E-state index in [1.165, 1.54) is 16.0 Å². The highest BCUT2D eigenvalue weighted by Gasteiger charge is 2.68. The number of likely N-dealkylation sites (N-methyl/N-ethyl adjacent to an activating group) is 1. The average Bonchev–Trinajstić information content (AvgIpc) is 3.54. The first-order chi connectivity index (χ1) is 18.9. The molecule has 4 atom stereocenters. The number of carbonyl (C=O) groups is 2. The first-order valence-corrected chi connectivity index (χ1v) is 16.8. The van der Waals surface area contributed by atoms with Gasteiger partial charge in [0.1, 0.15) is 0 Å². The van der Waals surface area contributed by atoms with E-state index in [0.29, 0.717) is 32.0 Å². The van der Waals surface area contributed by atoms with Crippen LogP contribution in [-0.4, -0.2) is 92.4 Å². The highest BCUT2D eigenvalue weighted by Crippen LogP contribution is 2.67. The Morgan fingerprint density at radius 3 is 2.48 bits per heavy atom. The van der Waals surface area contributed by atoms with Gasteiger partial charge in [-0.1, -0.05) is 38.1 Å². The molecule has 6 rings (SSSR count). The van der Waals surface area contributed by atoms with Gasteiger partial charge in [0.05, 0.1) is 18.2 Å². The predicted octanol–water partition coefficient (Wildman–Crippen LogP) is 2.77. The van der Waals surface area contributed by atoms with Crippen LogP contribution in [0.25, 0.3) is 0 Å². The molecule has 220 valence electrons. The van der Waals surface area contributed by atoms with Gasteiger partial charge < -0.3 is 10.2 Å². The molecule has 40 heavy (non-hydrogen) atoms. The largest absolute Gasteiger partial charge is 0.308 e. The summed E-state index contributed by atoms with van der Waals surface area (Å²) in [7, 11) is 0.379. The van der Waals surface area contributed by atoms with Crippen molar-refractivity contribution < 1.29 is 18.0 Å². The Hall–Kier alpha value is -1.81. The normalized spacial score (nSPS) is 33.0. The van der Waals surface area contributed by atoms with Gasteiger partial charge in [0.15, 0.2) is 0 Å². The number of hydrogen-bond donors (Lipinski definition) is 1. The summed E-state index contributed by atoms with van der Waals surface area (Å²) in [5, 5.41) is 3.27. The minimum atomic E-state index is -3.58. The number of benzene rings is 1. The van der Waals surface area contributed by atoms with Crippen LogP contribution >= 0.6 is 0 Å². The third-order valence-electron chi connectivity index (χ3n) is 11.8. The zero-order chi connectivity index (χ0) is 28.5. The molecular weight excluding hydrogens is 524 g/mol. The Morgan fingerprint density at radius 2 is 1.77 bits per heavy atom. The van der Waals surface area contributed by atoms with Crippen molar-refractivity contribution in [3.8, 4) is 0 Å². The van der Waals surface area contributed by atoms with E-state index in [1.807, 2.05) is 19.0 Å². The summed E-state index contributed by atoms with van der Waals surface area (Å²) < 4.78 is 30.1. The number of nitrogens with zero attached hydrogens (tertiary/aromatic N) is 3. The molecule has 0 radical (unpaired) electrons. The predicted molar refractivity (Wildman–Crippen MR) is 155 cm³/mol. The van der Waals surface area contributed by atoms with E-state index in [0.717, 1.165) is 45.1 Å². The number of piperidine rings is 1. The molecule has 5 aliphatic rings. The van der Waals surface area contributed by atoms with Crippen LogP contribution in [-0.2, 0) is 31.4 Å². The maximum atomic E-state index is 14.2. The van der Waals surface area contributed by atoms with Gasteiger partial charge in [-0.2, -0.15) is 0 Å². The number of likely N-dealkylation sites (tertiary alicyclic amines) is 1. The second-order valence-electron chi connectivity index (χ2n) is 14.1. The Bertz CT molecular complexity index is 1290. The molecule has 2 aliphatic heterocycles. The maximum absolute atomic E-state index is 14.2. The van der Waals surface area contributed by atoms with Crippen LogP contribution in [0.2, 0.25) is 0 Å². The van der Waals surface area contributed by atoms with Crippen LogP contribution in [0, 0.1) is 16.7 Å². The van der Waals surface area contributed by atoms with E-state index < -0.39 is 21.5 Å². The van der Waals surface area contributed by atoms with Crippen molar-refractivity contribution in [1.29, 1.82) is 0 Å². The lowest BCUT2D eigenvalue weighted by Crippen LogP contribution is -2.57. The Morgan fingerprint density at radius 1 is 1.05 bits per heavy atom. The SMILES string of the molecule is CN(C)CCNC1CC(=O)N([C@H]2CC3CC[C@]2(CS(=O)(=O)N2CCC4(CCc5ccccc54)CC2)C3(C)C)C1=O. The van der Waals surface area contributed by atoms with Crippen molar-refractivity contribution in [2.45, 2.75) is 82.7 Å². The third kappa shape index (κ3) is 4.29. The fourth-order valence-electron chi connectivity index (χ4n) is 9.22. The molecule has 1 aromatic carbocycles. The smallest absolute Gasteiger partial charge is 0.247 e. The number of fused-ring (bicyclic) bond motifs is 4. The maximum Gasteiger partial charge on any atom is 0.247 e. The molecule has 2 saturated carbocycles. The van der Waals surface area contributed by atoms with Gasteiger partial charge in [-0.15, -0.1) is 0 Å². The van der Waals surface area contributed by atoms with Gasteiger partial charge in [0.25, 0.3) is 0 Å². The van der Waals surface area contributed by atoms with E-state index in [2.05, 4.69) is 43.4 Å². The van der Waals surface area contributed by atoms with Crippen LogP contribution in [0.4, 0.5) is 0 Å². The molecular formula is C31H46N4O4S. The van der Waals surface area contributed by atoms with Gasteiger partial charge >= 0.3 is 0 Å². The van der Waals surface area contributed by atoms with Crippen molar-refractivity contribution in [3.05, 3.63) is 35.4 Å². The molecule has 1 spiro atoms. The number of rotatable bonds is 8. The third-order valence-corrected chi connectivity index (χ3v) is 13.8. The zero-order valence-electron chi connectivity index (χ0n) is 24.6. The lowest BCUT2D eigenvalue weighted by molar-refractivity contribution is -0.145. The van der Waals surface area contributed by atoms with Crippen molar-refractivity contribution in [3.63, 3.8) is 0 Å². The van der Waals surface area contributed by atoms with E-state index in [1.54, 1.807) is 4.31 Å². The van der Waals surface area contributed by atoms with Crippen molar-refractivity contribution in [2.24, 2.45) is 16.7 Å². The fourth-order valence-corrected chi connectivity index (χ4v) is 11.5. The molecule has 8 nitrogen and oxygen atoms in total. The molecule has 4 fully saturated rings. The summed E-state index contributed by atoms with van der Waals surface area (Å²) in [6.45, 7) is 6.85. The monoisotopic (exact) mass is 570 g/mol. The van der Waals surface area contributed by atoms with Gasteiger partial charge in [0, 0.05) is 37.6 Å². The Kier molecular flexibility index (Phi) is 7.00. The summed E-state index contributed by atoms with van der Waals surface area (Å²) in [5.41, 5.74) is 2.05. The number of carbonyl (C=O) groups excluding carboxylic acids is 2. The number of amides is 2. The molecule has 2 bridgehead atoms. The molecule has 9 heteroatoms. The van der Waals surface area contributed by atoms with Gasteiger partial charge in [-0.05, 0) is 86.9 Å². The van der Waals surface area contributed by atoms with Crippen LogP contribution in [0.3, 0.4) is 0 Å². The van der Waals surface area contributed by atoms with Crippen LogP contribution in [0.5, 0.6) is 0 Å². The zero-order valence-corrected chi connectivity index (χ0v) is 25.4. The lowest BCUT2D eigenvalue weighted by atomic mass is 9.68. The molecule has 2 heterocycles. The minimum Gasteiger partial charge on any atom is -0.308 e. The fraction of sp³-hybridized carbons (Fsp3) is 0.742. The number of hydrogen-bond acceptors (Lipinski definition) is 6. The van der Waals surface area contributed by atoms with Crippen LogP contribution in [0.1, 0.15) is 69.9 Å².